The Labute approximate surface area is 156 Å². The summed E-state index contributed by atoms with van der Waals surface area (Å²) in [7, 11) is 1.91. The predicted octanol–water partition coefficient (Wildman–Crippen LogP) is 3.49. The normalized spacial score (nSPS) is 16.8. The number of aromatic nitrogens is 2. The molecule has 1 unspecified atom stereocenters. The van der Waals surface area contributed by atoms with E-state index in [0.717, 1.165) is 39.6 Å². The number of hydrogen-bond donors (Lipinski definition) is 1. The van der Waals surface area contributed by atoms with Crippen molar-refractivity contribution >= 4 is 27.5 Å². The minimum Gasteiger partial charge on any atom is -0.468 e. The Balaban J connectivity index is 1.49. The molecule has 1 saturated heterocycles. The van der Waals surface area contributed by atoms with Gasteiger partial charge in [-0.05, 0) is 51.1 Å². The zero-order valence-electron chi connectivity index (χ0n) is 15.2. The molecule has 1 amide bonds. The van der Waals surface area contributed by atoms with Gasteiger partial charge >= 0.3 is 0 Å². The molecule has 0 spiro atoms. The van der Waals surface area contributed by atoms with Crippen LogP contribution in [0.1, 0.15) is 46.4 Å². The summed E-state index contributed by atoms with van der Waals surface area (Å²) in [5.41, 5.74) is 0.958. The van der Waals surface area contributed by atoms with Gasteiger partial charge in [0.2, 0.25) is 0 Å². The number of hydrogen-bond acceptors (Lipinski definition) is 5. The third kappa shape index (κ3) is 3.29. The van der Waals surface area contributed by atoms with Crippen LogP contribution < -0.4 is 5.32 Å². The third-order valence-corrected chi connectivity index (χ3v) is 6.28. The van der Waals surface area contributed by atoms with Crippen LogP contribution in [-0.2, 0) is 7.05 Å². The molecule has 7 heteroatoms. The SMILES string of the molecule is Cc1nn(C)c2sc(C(=O)NCC(c3ccco3)N3CCCCC3)cc12. The van der Waals surface area contributed by atoms with Gasteiger partial charge in [0.25, 0.3) is 5.91 Å². The first-order valence-electron chi connectivity index (χ1n) is 9.12. The van der Waals surface area contributed by atoms with E-state index in [-0.39, 0.29) is 11.9 Å². The number of aryl methyl sites for hydroxylation is 2. The van der Waals surface area contributed by atoms with Crippen LogP contribution in [0.4, 0.5) is 0 Å². The van der Waals surface area contributed by atoms with Gasteiger partial charge in [-0.15, -0.1) is 11.3 Å². The first kappa shape index (κ1) is 17.3. The molecule has 1 aliphatic heterocycles. The van der Waals surface area contributed by atoms with Crippen LogP contribution in [0, 0.1) is 6.92 Å². The fourth-order valence-electron chi connectivity index (χ4n) is 3.71. The van der Waals surface area contributed by atoms with Crippen LogP contribution in [0.3, 0.4) is 0 Å². The van der Waals surface area contributed by atoms with Crippen molar-refractivity contribution in [3.8, 4) is 0 Å². The van der Waals surface area contributed by atoms with E-state index in [1.165, 1.54) is 30.6 Å². The molecule has 1 aliphatic rings. The highest BCUT2D eigenvalue weighted by Crippen LogP contribution is 2.28. The highest BCUT2D eigenvalue weighted by atomic mass is 32.1. The Morgan fingerprint density at radius 1 is 1.38 bits per heavy atom. The Morgan fingerprint density at radius 3 is 2.88 bits per heavy atom. The van der Waals surface area contributed by atoms with Crippen LogP contribution in [-0.4, -0.2) is 40.2 Å². The van der Waals surface area contributed by atoms with Crippen molar-refractivity contribution in [1.82, 2.24) is 20.0 Å². The Hall–Kier alpha value is -2.12. The first-order valence-corrected chi connectivity index (χ1v) is 9.94. The summed E-state index contributed by atoms with van der Waals surface area (Å²) in [5, 5.41) is 8.57. The maximum atomic E-state index is 12.7. The van der Waals surface area contributed by atoms with Gasteiger partial charge < -0.3 is 9.73 Å². The summed E-state index contributed by atoms with van der Waals surface area (Å²) >= 11 is 1.49. The Morgan fingerprint density at radius 2 is 2.19 bits per heavy atom. The van der Waals surface area contributed by atoms with E-state index in [2.05, 4.69) is 15.3 Å². The second kappa shape index (κ2) is 7.25. The predicted molar refractivity (Wildman–Crippen MR) is 103 cm³/mol. The molecule has 3 aromatic rings. The molecule has 138 valence electrons. The van der Waals surface area contributed by atoms with Crippen molar-refractivity contribution in [3.63, 3.8) is 0 Å². The molecule has 4 rings (SSSR count). The fourth-order valence-corrected chi connectivity index (χ4v) is 4.75. The molecular weight excluding hydrogens is 348 g/mol. The van der Waals surface area contributed by atoms with Crippen molar-refractivity contribution in [2.24, 2.45) is 7.05 Å². The summed E-state index contributed by atoms with van der Waals surface area (Å²) in [5.74, 6) is 0.891. The number of rotatable bonds is 5. The van der Waals surface area contributed by atoms with Crippen LogP contribution in [0.2, 0.25) is 0 Å². The number of nitrogens with zero attached hydrogens (tertiary/aromatic N) is 3. The van der Waals surface area contributed by atoms with Crippen molar-refractivity contribution in [3.05, 3.63) is 40.8 Å². The van der Waals surface area contributed by atoms with Crippen molar-refractivity contribution in [1.29, 1.82) is 0 Å². The van der Waals surface area contributed by atoms with Gasteiger partial charge in [0, 0.05) is 19.0 Å². The second-order valence-electron chi connectivity index (χ2n) is 6.88. The van der Waals surface area contributed by atoms with Crippen molar-refractivity contribution in [2.75, 3.05) is 19.6 Å². The average Bonchev–Trinajstić information content (AvgIpc) is 3.36. The molecule has 3 aromatic heterocycles. The number of nitrogens with one attached hydrogen (secondary N) is 1. The van der Waals surface area contributed by atoms with Gasteiger partial charge in [0.1, 0.15) is 10.6 Å². The number of amides is 1. The molecule has 26 heavy (non-hydrogen) atoms. The number of fused-ring (bicyclic) bond motifs is 1. The number of thiophene rings is 1. The lowest BCUT2D eigenvalue weighted by molar-refractivity contribution is 0.0918. The van der Waals surface area contributed by atoms with E-state index in [9.17, 15) is 4.79 Å². The first-order chi connectivity index (χ1) is 12.6. The van der Waals surface area contributed by atoms with Crippen LogP contribution in [0.15, 0.2) is 28.9 Å². The number of likely N-dealkylation sites (tertiary alicyclic amines) is 1. The highest BCUT2D eigenvalue weighted by Gasteiger charge is 2.25. The Kier molecular flexibility index (Phi) is 4.82. The molecular formula is C19H24N4O2S. The molecule has 0 saturated carbocycles. The fraction of sp³-hybridized carbons (Fsp3) is 0.474. The smallest absolute Gasteiger partial charge is 0.261 e. The summed E-state index contributed by atoms with van der Waals surface area (Å²) < 4.78 is 7.49. The van der Waals surface area contributed by atoms with E-state index in [4.69, 9.17) is 4.42 Å². The van der Waals surface area contributed by atoms with E-state index in [1.807, 2.05) is 36.9 Å². The third-order valence-electron chi connectivity index (χ3n) is 5.08. The molecule has 1 N–H and O–H groups in total. The number of carbonyl (C=O) groups excluding carboxylic acids is 1. The van der Waals surface area contributed by atoms with Gasteiger partial charge in [-0.1, -0.05) is 6.42 Å². The zero-order chi connectivity index (χ0) is 18.1. The Bertz CT molecular complexity index is 856. The number of carbonyl (C=O) groups is 1. The minimum absolute atomic E-state index is 0.0286. The van der Waals surface area contributed by atoms with Crippen molar-refractivity contribution in [2.45, 2.75) is 32.2 Å². The van der Waals surface area contributed by atoms with Crippen LogP contribution in [0.5, 0.6) is 0 Å². The molecule has 0 radical (unpaired) electrons. The summed E-state index contributed by atoms with van der Waals surface area (Å²) in [4.78, 5) is 16.9. The lowest BCUT2D eigenvalue weighted by atomic mass is 10.1. The number of piperidine rings is 1. The maximum absolute atomic E-state index is 12.7. The second-order valence-corrected chi connectivity index (χ2v) is 7.91. The largest absolute Gasteiger partial charge is 0.468 e. The lowest BCUT2D eigenvalue weighted by Crippen LogP contribution is -2.40. The molecule has 1 atom stereocenters. The summed E-state index contributed by atoms with van der Waals surface area (Å²) in [6.07, 6.45) is 5.39. The quantitative estimate of drug-likeness (QED) is 0.745. The standard InChI is InChI=1S/C19H24N4O2S/c1-13-14-11-17(26-19(14)22(2)21-13)18(24)20-12-15(16-7-6-10-25-16)23-8-4-3-5-9-23/h6-7,10-11,15H,3-5,8-9,12H2,1-2H3,(H,20,24). The summed E-state index contributed by atoms with van der Waals surface area (Å²) in [6.45, 7) is 4.63. The topological polar surface area (TPSA) is 63.3 Å². The zero-order valence-corrected chi connectivity index (χ0v) is 16.0. The van der Waals surface area contributed by atoms with Crippen molar-refractivity contribution < 1.29 is 9.21 Å². The maximum Gasteiger partial charge on any atom is 0.261 e. The average molecular weight is 372 g/mol. The monoisotopic (exact) mass is 372 g/mol. The van der Waals surface area contributed by atoms with Gasteiger partial charge in [-0.2, -0.15) is 5.10 Å². The molecule has 6 nitrogen and oxygen atoms in total. The molecule has 0 aromatic carbocycles. The van der Waals surface area contributed by atoms with E-state index < -0.39 is 0 Å². The lowest BCUT2D eigenvalue weighted by Gasteiger charge is -2.33. The van der Waals surface area contributed by atoms with E-state index in [1.54, 1.807) is 6.26 Å². The molecule has 0 bridgehead atoms. The minimum atomic E-state index is -0.0286. The van der Waals surface area contributed by atoms with Crippen LogP contribution >= 0.6 is 11.3 Å². The van der Waals surface area contributed by atoms with Gasteiger partial charge in [-0.3, -0.25) is 14.4 Å². The highest BCUT2D eigenvalue weighted by molar-refractivity contribution is 7.20. The molecule has 4 heterocycles. The van der Waals surface area contributed by atoms with E-state index >= 15 is 0 Å². The van der Waals surface area contributed by atoms with Gasteiger partial charge in [0.05, 0.1) is 22.9 Å². The van der Waals surface area contributed by atoms with Gasteiger partial charge in [-0.25, -0.2) is 0 Å². The number of furan rings is 1. The van der Waals surface area contributed by atoms with Gasteiger partial charge in [0.15, 0.2) is 0 Å². The molecule has 1 fully saturated rings. The van der Waals surface area contributed by atoms with Crippen LogP contribution in [0.25, 0.3) is 10.2 Å². The molecule has 0 aliphatic carbocycles. The van der Waals surface area contributed by atoms with E-state index in [0.29, 0.717) is 6.54 Å². The summed E-state index contributed by atoms with van der Waals surface area (Å²) in [6, 6.07) is 5.95.